The number of carbonyl (C=O) groups excluding carboxylic acids is 1. The van der Waals surface area contributed by atoms with Crippen molar-refractivity contribution in [2.24, 2.45) is 5.92 Å². The summed E-state index contributed by atoms with van der Waals surface area (Å²) in [5, 5.41) is 1.92. The molecule has 0 saturated carbocycles. The second-order valence-corrected chi connectivity index (χ2v) is 6.40. The Balaban J connectivity index is 2.02. The minimum atomic E-state index is 0.184. The normalized spacial score (nSPS) is 18.1. The zero-order valence-electron chi connectivity index (χ0n) is 8.70. The van der Waals surface area contributed by atoms with Gasteiger partial charge in [-0.3, -0.25) is 4.79 Å². The van der Waals surface area contributed by atoms with Crippen LogP contribution < -0.4 is 0 Å². The first-order valence-electron chi connectivity index (χ1n) is 5.20. The summed E-state index contributed by atoms with van der Waals surface area (Å²) >= 11 is 4.95. The summed E-state index contributed by atoms with van der Waals surface area (Å²) in [4.78, 5) is 14.0. The summed E-state index contributed by atoms with van der Waals surface area (Å²) in [7, 11) is 0. The van der Waals surface area contributed by atoms with Gasteiger partial charge in [0.1, 0.15) is 0 Å². The minimum absolute atomic E-state index is 0.184. The number of thiophene rings is 1. The maximum absolute atomic E-state index is 12.0. The number of carbonyl (C=O) groups is 1. The molecule has 0 bridgehead atoms. The number of hydrogen-bond acceptors (Lipinski definition) is 2. The number of hydrogen-bond donors (Lipinski definition) is 0. The third kappa shape index (κ3) is 2.61. The second-order valence-electron chi connectivity index (χ2n) is 4.11. The highest BCUT2D eigenvalue weighted by molar-refractivity contribution is 9.11. The topological polar surface area (TPSA) is 20.3 Å². The van der Waals surface area contributed by atoms with Gasteiger partial charge < -0.3 is 4.90 Å². The quantitative estimate of drug-likeness (QED) is 0.775. The summed E-state index contributed by atoms with van der Waals surface area (Å²) in [5.74, 6) is 0.951. The van der Waals surface area contributed by atoms with Gasteiger partial charge in [0, 0.05) is 18.5 Å². The summed E-state index contributed by atoms with van der Waals surface area (Å²) < 4.78 is 1.02. The zero-order valence-corrected chi connectivity index (χ0v) is 11.1. The lowest BCUT2D eigenvalue weighted by atomic mass is 9.99. The second kappa shape index (κ2) is 4.66. The summed E-state index contributed by atoms with van der Waals surface area (Å²) in [6.45, 7) is 4.07. The molecule has 0 aliphatic carbocycles. The van der Waals surface area contributed by atoms with E-state index in [2.05, 4.69) is 22.9 Å². The zero-order chi connectivity index (χ0) is 10.8. The van der Waals surface area contributed by atoms with Crippen LogP contribution in [0.3, 0.4) is 0 Å². The standard InChI is InChI=1S/C11H14BrNOS/c1-8-2-4-13(5-3-8)11(14)9-6-10(12)15-7-9/h6-8H,2-5H2,1H3. The summed E-state index contributed by atoms with van der Waals surface area (Å²) in [5.41, 5.74) is 0.821. The summed E-state index contributed by atoms with van der Waals surface area (Å²) in [6.07, 6.45) is 2.27. The number of nitrogens with zero attached hydrogens (tertiary/aromatic N) is 1. The number of amides is 1. The lowest BCUT2D eigenvalue weighted by molar-refractivity contribution is 0.0698. The highest BCUT2D eigenvalue weighted by atomic mass is 79.9. The van der Waals surface area contributed by atoms with Crippen LogP contribution in [-0.4, -0.2) is 23.9 Å². The first kappa shape index (κ1) is 11.1. The molecule has 1 aliphatic rings. The molecule has 1 fully saturated rings. The largest absolute Gasteiger partial charge is 0.339 e. The summed E-state index contributed by atoms with van der Waals surface area (Å²) in [6, 6.07) is 1.91. The van der Waals surface area contributed by atoms with Gasteiger partial charge in [-0.15, -0.1) is 11.3 Å². The van der Waals surface area contributed by atoms with E-state index in [-0.39, 0.29) is 5.91 Å². The van der Waals surface area contributed by atoms with Crippen LogP contribution in [0.15, 0.2) is 15.2 Å². The smallest absolute Gasteiger partial charge is 0.254 e. The molecule has 0 atom stereocenters. The van der Waals surface area contributed by atoms with E-state index >= 15 is 0 Å². The number of rotatable bonds is 1. The Morgan fingerprint density at radius 3 is 2.73 bits per heavy atom. The van der Waals surface area contributed by atoms with Gasteiger partial charge in [0.15, 0.2) is 0 Å². The molecule has 15 heavy (non-hydrogen) atoms. The lowest BCUT2D eigenvalue weighted by Gasteiger charge is -2.30. The maximum atomic E-state index is 12.0. The van der Waals surface area contributed by atoms with E-state index in [9.17, 15) is 4.79 Å². The highest BCUT2D eigenvalue weighted by Crippen LogP contribution is 2.23. The average Bonchev–Trinajstić information content (AvgIpc) is 2.65. The fraction of sp³-hybridized carbons (Fsp3) is 0.545. The molecule has 1 amide bonds. The van der Waals surface area contributed by atoms with Gasteiger partial charge in [-0.25, -0.2) is 0 Å². The van der Waals surface area contributed by atoms with Crippen molar-refractivity contribution in [2.45, 2.75) is 19.8 Å². The molecule has 2 rings (SSSR count). The molecular weight excluding hydrogens is 274 g/mol. The van der Waals surface area contributed by atoms with Crippen molar-refractivity contribution in [2.75, 3.05) is 13.1 Å². The molecule has 0 spiro atoms. The van der Waals surface area contributed by atoms with Crippen molar-refractivity contribution in [3.05, 3.63) is 20.8 Å². The monoisotopic (exact) mass is 287 g/mol. The molecule has 0 unspecified atom stereocenters. The van der Waals surface area contributed by atoms with Crippen molar-refractivity contribution in [1.29, 1.82) is 0 Å². The Bertz CT molecular complexity index is 355. The van der Waals surface area contributed by atoms with Gasteiger partial charge in [-0.1, -0.05) is 6.92 Å². The Labute approximate surface area is 102 Å². The van der Waals surface area contributed by atoms with Crippen LogP contribution in [0.2, 0.25) is 0 Å². The van der Waals surface area contributed by atoms with Gasteiger partial charge in [-0.2, -0.15) is 0 Å². The van der Waals surface area contributed by atoms with E-state index in [1.807, 2.05) is 16.3 Å². The van der Waals surface area contributed by atoms with Crippen LogP contribution in [0.5, 0.6) is 0 Å². The van der Waals surface area contributed by atoms with E-state index in [0.717, 1.165) is 41.2 Å². The molecule has 1 aliphatic heterocycles. The Kier molecular flexibility index (Phi) is 3.46. The van der Waals surface area contributed by atoms with Crippen LogP contribution in [0.1, 0.15) is 30.1 Å². The van der Waals surface area contributed by atoms with Crippen molar-refractivity contribution in [1.82, 2.24) is 4.90 Å². The molecule has 82 valence electrons. The Hall–Kier alpha value is -0.350. The predicted molar refractivity (Wildman–Crippen MR) is 66.3 cm³/mol. The van der Waals surface area contributed by atoms with E-state index in [1.54, 1.807) is 11.3 Å². The van der Waals surface area contributed by atoms with E-state index in [1.165, 1.54) is 0 Å². The maximum Gasteiger partial charge on any atom is 0.254 e. The number of piperidine rings is 1. The molecule has 0 aromatic carbocycles. The molecule has 0 radical (unpaired) electrons. The third-order valence-electron chi connectivity index (χ3n) is 2.89. The van der Waals surface area contributed by atoms with Gasteiger partial charge >= 0.3 is 0 Å². The van der Waals surface area contributed by atoms with Crippen molar-refractivity contribution in [3.8, 4) is 0 Å². The van der Waals surface area contributed by atoms with Crippen LogP contribution in [0.25, 0.3) is 0 Å². The van der Waals surface area contributed by atoms with E-state index in [4.69, 9.17) is 0 Å². The van der Waals surface area contributed by atoms with E-state index < -0.39 is 0 Å². The Morgan fingerprint density at radius 2 is 2.20 bits per heavy atom. The van der Waals surface area contributed by atoms with E-state index in [0.29, 0.717) is 0 Å². The van der Waals surface area contributed by atoms with Gasteiger partial charge in [0.05, 0.1) is 9.35 Å². The highest BCUT2D eigenvalue weighted by Gasteiger charge is 2.21. The van der Waals surface area contributed by atoms with Crippen LogP contribution in [0, 0.1) is 5.92 Å². The van der Waals surface area contributed by atoms with Gasteiger partial charge in [0.2, 0.25) is 0 Å². The average molecular weight is 288 g/mol. The van der Waals surface area contributed by atoms with Crippen molar-refractivity contribution < 1.29 is 4.79 Å². The van der Waals surface area contributed by atoms with Crippen molar-refractivity contribution in [3.63, 3.8) is 0 Å². The number of likely N-dealkylation sites (tertiary alicyclic amines) is 1. The first-order valence-corrected chi connectivity index (χ1v) is 6.87. The number of halogens is 1. The van der Waals surface area contributed by atoms with Crippen LogP contribution in [0.4, 0.5) is 0 Å². The van der Waals surface area contributed by atoms with Gasteiger partial charge in [-0.05, 0) is 40.8 Å². The molecular formula is C11H14BrNOS. The fourth-order valence-corrected chi connectivity index (χ4v) is 2.95. The third-order valence-corrected chi connectivity index (χ3v) is 4.39. The predicted octanol–water partition coefficient (Wildman–Crippen LogP) is 3.38. The molecule has 1 aromatic rings. The molecule has 0 N–H and O–H groups in total. The van der Waals surface area contributed by atoms with Crippen LogP contribution >= 0.6 is 27.3 Å². The molecule has 1 saturated heterocycles. The van der Waals surface area contributed by atoms with Gasteiger partial charge in [0.25, 0.3) is 5.91 Å². The molecule has 2 nitrogen and oxygen atoms in total. The molecule has 2 heterocycles. The fourth-order valence-electron chi connectivity index (χ4n) is 1.82. The first-order chi connectivity index (χ1) is 7.16. The molecule has 4 heteroatoms. The lowest BCUT2D eigenvalue weighted by Crippen LogP contribution is -2.37. The minimum Gasteiger partial charge on any atom is -0.339 e. The molecule has 1 aromatic heterocycles. The SMILES string of the molecule is CC1CCN(C(=O)c2csc(Br)c2)CC1. The van der Waals surface area contributed by atoms with Crippen molar-refractivity contribution >= 4 is 33.2 Å². The van der Waals surface area contributed by atoms with Crippen LogP contribution in [-0.2, 0) is 0 Å². The Morgan fingerprint density at radius 1 is 1.53 bits per heavy atom.